The molecule has 0 amide bonds. The molecule has 0 bridgehead atoms. The van der Waals surface area contributed by atoms with Gasteiger partial charge in [-0.25, -0.2) is 18.4 Å². The Morgan fingerprint density at radius 3 is 2.42 bits per heavy atom. The van der Waals surface area contributed by atoms with E-state index in [9.17, 15) is 8.42 Å². The molecule has 0 aliphatic carbocycles. The molecule has 0 fully saturated rings. The highest BCUT2D eigenvalue weighted by Crippen LogP contribution is 2.35. The molecule has 4 aromatic rings. The van der Waals surface area contributed by atoms with Crippen LogP contribution in [0.2, 0.25) is 5.15 Å². The smallest absolute Gasteiger partial charge is 0.261 e. The Hall–Kier alpha value is -2.94. The molecule has 0 spiro atoms. The van der Waals surface area contributed by atoms with E-state index in [2.05, 4.69) is 20.0 Å². The van der Waals surface area contributed by atoms with Crippen LogP contribution in [0.1, 0.15) is 11.3 Å². The zero-order chi connectivity index (χ0) is 21.8. The van der Waals surface area contributed by atoms with Crippen LogP contribution in [0.3, 0.4) is 0 Å². The summed E-state index contributed by atoms with van der Waals surface area (Å²) in [4.78, 5) is 9.80. The predicted molar refractivity (Wildman–Crippen MR) is 126 cm³/mol. The molecule has 0 aliphatic heterocycles. The van der Waals surface area contributed by atoms with Gasteiger partial charge in [-0.15, -0.1) is 0 Å². The highest BCUT2D eigenvalue weighted by molar-refractivity contribution is 7.92. The highest BCUT2D eigenvalue weighted by Gasteiger charge is 2.18. The zero-order valence-corrected chi connectivity index (χ0v) is 18.9. The van der Waals surface area contributed by atoms with Crippen molar-refractivity contribution in [3.8, 4) is 10.4 Å². The van der Waals surface area contributed by atoms with Gasteiger partial charge in [0.25, 0.3) is 10.0 Å². The van der Waals surface area contributed by atoms with Gasteiger partial charge < -0.3 is 5.32 Å². The van der Waals surface area contributed by atoms with Crippen LogP contribution in [0.5, 0.6) is 0 Å². The van der Waals surface area contributed by atoms with Gasteiger partial charge in [-0.2, -0.15) is 0 Å². The number of sulfonamides is 1. The summed E-state index contributed by atoms with van der Waals surface area (Å²) < 4.78 is 27.9. The molecule has 2 aromatic carbocycles. The summed E-state index contributed by atoms with van der Waals surface area (Å²) in [6, 6.07) is 19.8. The van der Waals surface area contributed by atoms with E-state index in [4.69, 9.17) is 11.6 Å². The number of nitrogens with one attached hydrogen (secondary N) is 2. The quantitative estimate of drug-likeness (QED) is 0.344. The number of benzene rings is 2. The van der Waals surface area contributed by atoms with Gasteiger partial charge in [0.2, 0.25) is 0 Å². The van der Waals surface area contributed by atoms with E-state index in [1.807, 2.05) is 37.3 Å². The van der Waals surface area contributed by atoms with Gasteiger partial charge in [-0.05, 0) is 30.7 Å². The molecule has 9 heteroatoms. The number of halogens is 1. The number of hydrogen-bond donors (Lipinski definition) is 2. The Balaban J connectivity index is 1.57. The molecule has 2 aromatic heterocycles. The van der Waals surface area contributed by atoms with Gasteiger partial charge in [0.05, 0.1) is 21.2 Å². The molecular weight excluding hydrogens is 452 g/mol. The highest BCUT2D eigenvalue weighted by atomic mass is 35.5. The molecule has 6 nitrogen and oxygen atoms in total. The van der Waals surface area contributed by atoms with Gasteiger partial charge in [-0.1, -0.05) is 71.5 Å². The first-order valence-corrected chi connectivity index (χ1v) is 12.1. The van der Waals surface area contributed by atoms with Crippen molar-refractivity contribution in [3.63, 3.8) is 0 Å². The van der Waals surface area contributed by atoms with Gasteiger partial charge in [0.1, 0.15) is 0 Å². The molecule has 31 heavy (non-hydrogen) atoms. The third-order valence-corrected chi connectivity index (χ3v) is 7.33. The lowest BCUT2D eigenvalue weighted by molar-refractivity contribution is 0.601. The Kier molecular flexibility index (Phi) is 6.22. The summed E-state index contributed by atoms with van der Waals surface area (Å²) in [7, 11) is -3.78. The maximum atomic E-state index is 12.7. The summed E-state index contributed by atoms with van der Waals surface area (Å²) in [5.74, 6) is 0. The van der Waals surface area contributed by atoms with E-state index >= 15 is 0 Å². The monoisotopic (exact) mass is 470 g/mol. The summed E-state index contributed by atoms with van der Waals surface area (Å²) in [6.45, 7) is 2.57. The topological polar surface area (TPSA) is 84.0 Å². The normalized spacial score (nSPS) is 11.3. The Bertz CT molecular complexity index is 1290. The maximum Gasteiger partial charge on any atom is 0.261 e. The third kappa shape index (κ3) is 5.04. The van der Waals surface area contributed by atoms with Crippen LogP contribution in [0.25, 0.3) is 10.4 Å². The number of aryl methyl sites for hydroxylation is 1. The summed E-state index contributed by atoms with van der Waals surface area (Å²) in [6.07, 6.45) is 1.62. The van der Waals surface area contributed by atoms with Gasteiger partial charge in [0.15, 0.2) is 10.3 Å². The molecule has 0 aliphatic rings. The van der Waals surface area contributed by atoms with Crippen molar-refractivity contribution in [2.75, 3.05) is 10.0 Å². The van der Waals surface area contributed by atoms with Crippen molar-refractivity contribution in [2.24, 2.45) is 0 Å². The van der Waals surface area contributed by atoms with Crippen LogP contribution in [-0.2, 0) is 16.6 Å². The molecule has 0 saturated carbocycles. The van der Waals surface area contributed by atoms with Crippen LogP contribution >= 0.6 is 22.9 Å². The number of pyridine rings is 1. The standard InChI is InChI=1S/C22H19ClN4O2S2/c1-15-20(30-22(26-15)25-13-16-8-4-2-5-9-16)17-12-19(21(23)24-14-17)27-31(28,29)18-10-6-3-7-11-18/h2-12,14,27H,13H2,1H3,(H,25,26). The van der Waals surface area contributed by atoms with Gasteiger partial charge in [0, 0.05) is 18.3 Å². The SMILES string of the molecule is Cc1nc(NCc2ccccc2)sc1-c1cnc(Cl)c(NS(=O)(=O)c2ccccc2)c1. The molecule has 158 valence electrons. The summed E-state index contributed by atoms with van der Waals surface area (Å²) >= 11 is 7.66. The average molecular weight is 471 g/mol. The average Bonchev–Trinajstić information content (AvgIpc) is 3.15. The zero-order valence-electron chi connectivity index (χ0n) is 16.5. The second kappa shape index (κ2) is 9.05. The molecule has 0 radical (unpaired) electrons. The van der Waals surface area contributed by atoms with E-state index in [1.54, 1.807) is 30.5 Å². The molecule has 0 saturated heterocycles. The number of anilines is 2. The van der Waals surface area contributed by atoms with Crippen LogP contribution in [0, 0.1) is 6.92 Å². The van der Waals surface area contributed by atoms with E-state index in [0.717, 1.165) is 26.8 Å². The van der Waals surface area contributed by atoms with E-state index in [0.29, 0.717) is 6.54 Å². The van der Waals surface area contributed by atoms with E-state index in [1.165, 1.54) is 23.5 Å². The fourth-order valence-corrected chi connectivity index (χ4v) is 5.19. The first-order chi connectivity index (χ1) is 14.9. The molecule has 0 atom stereocenters. The Labute approximate surface area is 190 Å². The van der Waals surface area contributed by atoms with Gasteiger partial charge >= 0.3 is 0 Å². The fourth-order valence-electron chi connectivity index (χ4n) is 2.96. The van der Waals surface area contributed by atoms with Crippen molar-refractivity contribution in [2.45, 2.75) is 18.4 Å². The largest absolute Gasteiger partial charge is 0.357 e. The lowest BCUT2D eigenvalue weighted by atomic mass is 10.2. The first kappa shape index (κ1) is 21.3. The van der Waals surface area contributed by atoms with Crippen molar-refractivity contribution in [1.82, 2.24) is 9.97 Å². The first-order valence-electron chi connectivity index (χ1n) is 9.41. The van der Waals surface area contributed by atoms with Crippen molar-refractivity contribution in [3.05, 3.63) is 89.3 Å². The number of thiazole rings is 1. The van der Waals surface area contributed by atoms with Gasteiger partial charge in [-0.3, -0.25) is 4.72 Å². The lowest BCUT2D eigenvalue weighted by Gasteiger charge is -2.10. The summed E-state index contributed by atoms with van der Waals surface area (Å²) in [5.41, 5.74) is 2.93. The van der Waals surface area contributed by atoms with Crippen molar-refractivity contribution < 1.29 is 8.42 Å². The minimum absolute atomic E-state index is 0.0767. The van der Waals surface area contributed by atoms with Crippen molar-refractivity contribution in [1.29, 1.82) is 0 Å². The number of hydrogen-bond acceptors (Lipinski definition) is 6. The number of rotatable bonds is 7. The van der Waals surface area contributed by atoms with Crippen LogP contribution in [0.4, 0.5) is 10.8 Å². The van der Waals surface area contributed by atoms with Crippen LogP contribution in [0.15, 0.2) is 77.8 Å². The molecule has 2 N–H and O–H groups in total. The number of nitrogens with zero attached hydrogens (tertiary/aromatic N) is 2. The lowest BCUT2D eigenvalue weighted by Crippen LogP contribution is -2.13. The Morgan fingerprint density at radius 2 is 1.71 bits per heavy atom. The number of aromatic nitrogens is 2. The van der Waals surface area contributed by atoms with Crippen molar-refractivity contribution >= 4 is 43.8 Å². The van der Waals surface area contributed by atoms with E-state index < -0.39 is 10.0 Å². The van der Waals surface area contributed by atoms with E-state index in [-0.39, 0.29) is 15.7 Å². The maximum absolute atomic E-state index is 12.7. The predicted octanol–water partition coefficient (Wildman–Crippen LogP) is 5.58. The molecular formula is C22H19ClN4O2S2. The minimum atomic E-state index is -3.78. The molecule has 0 unspecified atom stereocenters. The molecule has 4 rings (SSSR count). The molecule has 2 heterocycles. The van der Waals surface area contributed by atoms with Crippen LogP contribution < -0.4 is 10.0 Å². The second-order valence-corrected chi connectivity index (χ2v) is 9.79. The summed E-state index contributed by atoms with van der Waals surface area (Å²) in [5, 5.41) is 4.18. The third-order valence-electron chi connectivity index (χ3n) is 4.48. The minimum Gasteiger partial charge on any atom is -0.357 e. The fraction of sp³-hybridized carbons (Fsp3) is 0.0909. The Morgan fingerprint density at radius 1 is 1.03 bits per heavy atom. The van der Waals surface area contributed by atoms with Crippen LogP contribution in [-0.4, -0.2) is 18.4 Å². The second-order valence-electron chi connectivity index (χ2n) is 6.75.